The summed E-state index contributed by atoms with van der Waals surface area (Å²) in [5, 5.41) is 1.27. The lowest BCUT2D eigenvalue weighted by Crippen LogP contribution is -2.48. The molecule has 2 aromatic rings. The van der Waals surface area contributed by atoms with E-state index in [0.29, 0.717) is 12.3 Å². The van der Waals surface area contributed by atoms with Gasteiger partial charge in [0.05, 0.1) is 0 Å². The number of aromatic nitrogens is 1. The molecule has 4 nitrogen and oxygen atoms in total. The first-order valence-electron chi connectivity index (χ1n) is 8.22. The summed E-state index contributed by atoms with van der Waals surface area (Å²) < 4.78 is 2.15. The Hall–Kier alpha value is -1.81. The Morgan fingerprint density at radius 2 is 1.86 bits per heavy atom. The number of likely N-dealkylation sites (N-methyl/N-ethyl adjacent to an activating group) is 1. The lowest BCUT2D eigenvalue weighted by Gasteiger charge is -2.34. The maximum absolute atomic E-state index is 12.4. The van der Waals surface area contributed by atoms with Gasteiger partial charge in [-0.2, -0.15) is 0 Å². The summed E-state index contributed by atoms with van der Waals surface area (Å²) in [5.41, 5.74) is 2.51. The quantitative estimate of drug-likeness (QED) is 0.866. The van der Waals surface area contributed by atoms with Crippen LogP contribution in [-0.4, -0.2) is 53.0 Å². The molecule has 0 aliphatic carbocycles. The van der Waals surface area contributed by atoms with Crippen LogP contribution in [-0.2, 0) is 18.3 Å². The van der Waals surface area contributed by atoms with Crippen LogP contribution in [0, 0.1) is 0 Å². The van der Waals surface area contributed by atoms with Crippen LogP contribution in [0.4, 0.5) is 0 Å². The molecule has 1 aromatic heterocycles. The van der Waals surface area contributed by atoms with Gasteiger partial charge in [0, 0.05) is 56.7 Å². The number of hydrogen-bond acceptors (Lipinski definition) is 2. The minimum absolute atomic E-state index is 0.295. The van der Waals surface area contributed by atoms with E-state index in [9.17, 15) is 4.79 Å². The summed E-state index contributed by atoms with van der Waals surface area (Å²) in [6, 6.07) is 8.40. The summed E-state index contributed by atoms with van der Waals surface area (Å²) in [5.74, 6) is 0.295. The number of fused-ring (bicyclic) bond motifs is 1. The van der Waals surface area contributed by atoms with Gasteiger partial charge in [0.2, 0.25) is 5.91 Å². The van der Waals surface area contributed by atoms with Crippen LogP contribution in [0.5, 0.6) is 0 Å². The van der Waals surface area contributed by atoms with Crippen molar-refractivity contribution in [3.63, 3.8) is 0 Å². The number of para-hydroxylation sites is 1. The first-order valence-corrected chi connectivity index (χ1v) is 8.22. The first kappa shape index (κ1) is 15.1. The van der Waals surface area contributed by atoms with Gasteiger partial charge in [-0.3, -0.25) is 4.79 Å². The molecule has 1 amide bonds. The zero-order valence-corrected chi connectivity index (χ0v) is 13.6. The fraction of sp³-hybridized carbons (Fsp3) is 0.500. The average molecular weight is 299 g/mol. The van der Waals surface area contributed by atoms with Crippen molar-refractivity contribution in [1.82, 2.24) is 14.4 Å². The van der Waals surface area contributed by atoms with Crippen molar-refractivity contribution in [2.75, 3.05) is 32.7 Å². The number of rotatable bonds is 4. The monoisotopic (exact) mass is 299 g/mol. The molecule has 3 rings (SSSR count). The standard InChI is InChI=1S/C18H25N3O/c1-3-20-10-12-21(13-11-20)18(22)9-8-15-14-19(2)17-7-5-4-6-16(15)17/h4-7,14H,3,8-13H2,1-2H3. The molecule has 0 unspecified atom stereocenters. The Morgan fingerprint density at radius 1 is 1.14 bits per heavy atom. The number of amides is 1. The van der Waals surface area contributed by atoms with Crippen LogP contribution in [0.25, 0.3) is 10.9 Å². The zero-order chi connectivity index (χ0) is 15.5. The number of benzene rings is 1. The van der Waals surface area contributed by atoms with Crippen molar-refractivity contribution in [3.05, 3.63) is 36.0 Å². The molecule has 1 aromatic carbocycles. The maximum Gasteiger partial charge on any atom is 0.222 e. The van der Waals surface area contributed by atoms with E-state index >= 15 is 0 Å². The summed E-state index contributed by atoms with van der Waals surface area (Å²) in [6.45, 7) is 7.04. The van der Waals surface area contributed by atoms with Crippen LogP contribution in [0.3, 0.4) is 0 Å². The molecule has 1 saturated heterocycles. The second-order valence-corrected chi connectivity index (χ2v) is 6.10. The smallest absolute Gasteiger partial charge is 0.222 e. The molecular formula is C18H25N3O. The molecule has 1 aliphatic heterocycles. The molecule has 2 heterocycles. The minimum atomic E-state index is 0.295. The van der Waals surface area contributed by atoms with Crippen LogP contribution in [0.2, 0.25) is 0 Å². The van der Waals surface area contributed by atoms with E-state index in [0.717, 1.165) is 39.1 Å². The van der Waals surface area contributed by atoms with Crippen molar-refractivity contribution in [2.24, 2.45) is 7.05 Å². The number of piperazine rings is 1. The number of aryl methyl sites for hydroxylation is 2. The third kappa shape index (κ3) is 3.02. The molecule has 0 radical (unpaired) electrons. The summed E-state index contributed by atoms with van der Waals surface area (Å²) in [7, 11) is 2.07. The van der Waals surface area contributed by atoms with Crippen molar-refractivity contribution < 1.29 is 4.79 Å². The van der Waals surface area contributed by atoms with Crippen LogP contribution in [0.15, 0.2) is 30.5 Å². The van der Waals surface area contributed by atoms with E-state index in [1.807, 2.05) is 4.90 Å². The highest BCUT2D eigenvalue weighted by molar-refractivity contribution is 5.85. The zero-order valence-electron chi connectivity index (χ0n) is 13.6. The van der Waals surface area contributed by atoms with Gasteiger partial charge in [-0.15, -0.1) is 0 Å². The van der Waals surface area contributed by atoms with E-state index in [4.69, 9.17) is 0 Å². The molecule has 1 fully saturated rings. The van der Waals surface area contributed by atoms with Gasteiger partial charge in [0.25, 0.3) is 0 Å². The van der Waals surface area contributed by atoms with Gasteiger partial charge in [0.15, 0.2) is 0 Å². The number of nitrogens with zero attached hydrogens (tertiary/aromatic N) is 3. The highest BCUT2D eigenvalue weighted by Crippen LogP contribution is 2.21. The number of carbonyl (C=O) groups excluding carboxylic acids is 1. The largest absolute Gasteiger partial charge is 0.350 e. The van der Waals surface area contributed by atoms with Crippen molar-refractivity contribution in [1.29, 1.82) is 0 Å². The molecule has 22 heavy (non-hydrogen) atoms. The second-order valence-electron chi connectivity index (χ2n) is 6.10. The Kier molecular flexibility index (Phi) is 4.48. The van der Waals surface area contributed by atoms with Gasteiger partial charge >= 0.3 is 0 Å². The van der Waals surface area contributed by atoms with Crippen molar-refractivity contribution >= 4 is 16.8 Å². The molecule has 1 aliphatic rings. The molecule has 0 spiro atoms. The van der Waals surface area contributed by atoms with Crippen LogP contribution < -0.4 is 0 Å². The topological polar surface area (TPSA) is 28.5 Å². The average Bonchev–Trinajstić information content (AvgIpc) is 2.89. The van der Waals surface area contributed by atoms with E-state index in [2.05, 4.69) is 53.9 Å². The molecule has 0 saturated carbocycles. The van der Waals surface area contributed by atoms with Crippen LogP contribution in [0.1, 0.15) is 18.9 Å². The minimum Gasteiger partial charge on any atom is -0.350 e. The summed E-state index contributed by atoms with van der Waals surface area (Å²) in [6.07, 6.45) is 3.60. The summed E-state index contributed by atoms with van der Waals surface area (Å²) >= 11 is 0. The van der Waals surface area contributed by atoms with Crippen LogP contribution >= 0.6 is 0 Å². The van der Waals surface area contributed by atoms with Crippen molar-refractivity contribution in [2.45, 2.75) is 19.8 Å². The van der Waals surface area contributed by atoms with Gasteiger partial charge < -0.3 is 14.4 Å². The summed E-state index contributed by atoms with van der Waals surface area (Å²) in [4.78, 5) is 16.8. The van der Waals surface area contributed by atoms with Crippen molar-refractivity contribution in [3.8, 4) is 0 Å². The number of carbonyl (C=O) groups is 1. The highest BCUT2D eigenvalue weighted by atomic mass is 16.2. The fourth-order valence-electron chi connectivity index (χ4n) is 3.34. The Bertz CT molecular complexity index is 653. The SMILES string of the molecule is CCN1CCN(C(=O)CCc2cn(C)c3ccccc23)CC1. The number of hydrogen-bond donors (Lipinski definition) is 0. The molecular weight excluding hydrogens is 274 g/mol. The van der Waals surface area contributed by atoms with E-state index in [1.165, 1.54) is 16.5 Å². The predicted molar refractivity (Wildman–Crippen MR) is 89.9 cm³/mol. The fourth-order valence-corrected chi connectivity index (χ4v) is 3.34. The van der Waals surface area contributed by atoms with E-state index in [1.54, 1.807) is 0 Å². The van der Waals surface area contributed by atoms with E-state index in [-0.39, 0.29) is 0 Å². The molecule has 0 atom stereocenters. The Labute approximate surface area is 132 Å². The molecule has 118 valence electrons. The lowest BCUT2D eigenvalue weighted by atomic mass is 10.1. The second kappa shape index (κ2) is 6.53. The molecule has 4 heteroatoms. The molecule has 0 N–H and O–H groups in total. The normalized spacial score (nSPS) is 16.4. The van der Waals surface area contributed by atoms with Gasteiger partial charge in [0.1, 0.15) is 0 Å². The maximum atomic E-state index is 12.4. The van der Waals surface area contributed by atoms with Gasteiger partial charge in [-0.1, -0.05) is 25.1 Å². The van der Waals surface area contributed by atoms with E-state index < -0.39 is 0 Å². The Morgan fingerprint density at radius 3 is 2.59 bits per heavy atom. The third-order valence-corrected chi connectivity index (χ3v) is 4.76. The highest BCUT2D eigenvalue weighted by Gasteiger charge is 2.20. The lowest BCUT2D eigenvalue weighted by molar-refractivity contribution is -0.132. The predicted octanol–water partition coefficient (Wildman–Crippen LogP) is 2.27. The van der Waals surface area contributed by atoms with Gasteiger partial charge in [-0.05, 0) is 24.6 Å². The third-order valence-electron chi connectivity index (χ3n) is 4.76. The first-order chi connectivity index (χ1) is 10.7. The Balaban J connectivity index is 1.61. The molecule has 0 bridgehead atoms. The van der Waals surface area contributed by atoms with Gasteiger partial charge in [-0.25, -0.2) is 0 Å².